The first kappa shape index (κ1) is 19.4. The second-order valence-corrected chi connectivity index (χ2v) is 5.59. The molecule has 1 atom stereocenters. The first-order chi connectivity index (χ1) is 10.4. The van der Waals surface area contributed by atoms with E-state index >= 15 is 0 Å². The van der Waals surface area contributed by atoms with Gasteiger partial charge in [0.25, 0.3) is 5.91 Å². The van der Waals surface area contributed by atoms with E-state index in [1.807, 2.05) is 6.92 Å². The number of hydrogen-bond donors (Lipinski definition) is 2. The van der Waals surface area contributed by atoms with E-state index in [0.717, 1.165) is 12.8 Å². The molecule has 130 valence electrons. The van der Waals surface area contributed by atoms with Crippen LogP contribution in [0.4, 0.5) is 8.78 Å². The van der Waals surface area contributed by atoms with E-state index in [4.69, 9.17) is 10.5 Å². The largest absolute Gasteiger partial charge is 0.493 e. The Balaban J connectivity index is 0.00000264. The third-order valence-corrected chi connectivity index (χ3v) is 3.94. The SMILES string of the molecule is COc1cc(C(=O)NC(C)(CN)C2CC2)ccc1OC(F)F.Cl. The van der Waals surface area contributed by atoms with E-state index in [9.17, 15) is 13.6 Å². The summed E-state index contributed by atoms with van der Waals surface area (Å²) in [6, 6.07) is 4.08. The Bertz CT molecular complexity index is 556. The van der Waals surface area contributed by atoms with Crippen molar-refractivity contribution < 1.29 is 23.0 Å². The molecule has 1 unspecified atom stereocenters. The molecule has 0 radical (unpaired) electrons. The Morgan fingerprint density at radius 3 is 2.57 bits per heavy atom. The topological polar surface area (TPSA) is 73.6 Å². The quantitative estimate of drug-likeness (QED) is 0.792. The van der Waals surface area contributed by atoms with E-state index in [0.29, 0.717) is 18.0 Å². The molecule has 0 heterocycles. The number of ether oxygens (including phenoxy) is 2. The average Bonchev–Trinajstić information content (AvgIpc) is 3.31. The minimum Gasteiger partial charge on any atom is -0.493 e. The van der Waals surface area contributed by atoms with Crippen LogP contribution < -0.4 is 20.5 Å². The predicted molar refractivity (Wildman–Crippen MR) is 84.5 cm³/mol. The van der Waals surface area contributed by atoms with E-state index in [-0.39, 0.29) is 29.8 Å². The standard InChI is InChI=1S/C15H20F2N2O3.ClH/c1-15(8-18,10-4-5-10)19-13(20)9-3-6-11(22-14(16)17)12(7-9)21-2;/h3,6-7,10,14H,4-5,8,18H2,1-2H3,(H,19,20);1H. The summed E-state index contributed by atoms with van der Waals surface area (Å²) < 4.78 is 33.9. The van der Waals surface area contributed by atoms with Crippen molar-refractivity contribution in [2.45, 2.75) is 31.9 Å². The van der Waals surface area contributed by atoms with Gasteiger partial charge < -0.3 is 20.5 Å². The van der Waals surface area contributed by atoms with Crippen LogP contribution in [0.25, 0.3) is 0 Å². The van der Waals surface area contributed by atoms with Gasteiger partial charge in [-0.1, -0.05) is 0 Å². The van der Waals surface area contributed by atoms with Gasteiger partial charge in [0.15, 0.2) is 11.5 Å². The van der Waals surface area contributed by atoms with Crippen LogP contribution >= 0.6 is 12.4 Å². The lowest BCUT2D eigenvalue weighted by Crippen LogP contribution is -2.53. The molecule has 1 aromatic carbocycles. The second-order valence-electron chi connectivity index (χ2n) is 5.59. The summed E-state index contributed by atoms with van der Waals surface area (Å²) in [5.74, 6) is 0.0261. The molecule has 1 aromatic rings. The van der Waals surface area contributed by atoms with Gasteiger partial charge in [0.05, 0.1) is 12.6 Å². The van der Waals surface area contributed by atoms with E-state index < -0.39 is 12.2 Å². The first-order valence-electron chi connectivity index (χ1n) is 7.05. The average molecular weight is 351 g/mol. The molecule has 3 N–H and O–H groups in total. The van der Waals surface area contributed by atoms with Crippen LogP contribution in [0.5, 0.6) is 11.5 Å². The van der Waals surface area contributed by atoms with Crippen LogP contribution in [0, 0.1) is 5.92 Å². The van der Waals surface area contributed by atoms with Crippen LogP contribution in [0.1, 0.15) is 30.1 Å². The molecule has 2 rings (SSSR count). The lowest BCUT2D eigenvalue weighted by molar-refractivity contribution is -0.0512. The molecule has 8 heteroatoms. The highest BCUT2D eigenvalue weighted by Gasteiger charge is 2.41. The summed E-state index contributed by atoms with van der Waals surface area (Å²) in [4.78, 5) is 12.3. The number of halogens is 3. The van der Waals surface area contributed by atoms with E-state index in [1.165, 1.54) is 25.3 Å². The van der Waals surface area contributed by atoms with Gasteiger partial charge in [0, 0.05) is 12.1 Å². The minimum absolute atomic E-state index is 0. The van der Waals surface area contributed by atoms with Crippen molar-refractivity contribution in [3.63, 3.8) is 0 Å². The van der Waals surface area contributed by atoms with Gasteiger partial charge in [-0.05, 0) is 43.9 Å². The smallest absolute Gasteiger partial charge is 0.387 e. The number of nitrogens with two attached hydrogens (primary N) is 1. The maximum Gasteiger partial charge on any atom is 0.387 e. The number of amides is 1. The normalized spacial score (nSPS) is 16.3. The highest BCUT2D eigenvalue weighted by Crippen LogP contribution is 2.39. The monoisotopic (exact) mass is 350 g/mol. The van der Waals surface area contributed by atoms with Gasteiger partial charge in [0.2, 0.25) is 0 Å². The fourth-order valence-electron chi connectivity index (χ4n) is 2.37. The van der Waals surface area contributed by atoms with Gasteiger partial charge in [0.1, 0.15) is 0 Å². The molecule has 0 spiro atoms. The zero-order valence-electron chi connectivity index (χ0n) is 13.0. The van der Waals surface area contributed by atoms with Gasteiger partial charge in [-0.25, -0.2) is 0 Å². The van der Waals surface area contributed by atoms with Crippen molar-refractivity contribution in [1.82, 2.24) is 5.32 Å². The van der Waals surface area contributed by atoms with Gasteiger partial charge in [-0.2, -0.15) is 8.78 Å². The molecule has 0 saturated heterocycles. The minimum atomic E-state index is -2.95. The van der Waals surface area contributed by atoms with Crippen LogP contribution in [-0.2, 0) is 0 Å². The van der Waals surface area contributed by atoms with E-state index in [1.54, 1.807) is 0 Å². The van der Waals surface area contributed by atoms with Crippen molar-refractivity contribution in [1.29, 1.82) is 0 Å². The number of hydrogen-bond acceptors (Lipinski definition) is 4. The third kappa shape index (κ3) is 4.68. The molecule has 1 amide bonds. The Labute approximate surface area is 139 Å². The molecule has 1 aliphatic rings. The van der Waals surface area contributed by atoms with Crippen molar-refractivity contribution in [3.8, 4) is 11.5 Å². The first-order valence-corrected chi connectivity index (χ1v) is 7.05. The van der Waals surface area contributed by atoms with Crippen molar-refractivity contribution in [2.24, 2.45) is 11.7 Å². The van der Waals surface area contributed by atoms with Crippen LogP contribution in [0.15, 0.2) is 18.2 Å². The maximum absolute atomic E-state index is 12.3. The summed E-state index contributed by atoms with van der Waals surface area (Å²) in [5.41, 5.74) is 5.62. The van der Waals surface area contributed by atoms with Crippen molar-refractivity contribution in [2.75, 3.05) is 13.7 Å². The Kier molecular flexibility index (Phi) is 6.58. The van der Waals surface area contributed by atoms with Crippen molar-refractivity contribution >= 4 is 18.3 Å². The number of methoxy groups -OCH3 is 1. The molecule has 1 fully saturated rings. The summed E-state index contributed by atoms with van der Waals surface area (Å²) in [6.07, 6.45) is 2.08. The van der Waals surface area contributed by atoms with Crippen LogP contribution in [0.3, 0.4) is 0 Å². The molecule has 1 aliphatic carbocycles. The Morgan fingerprint density at radius 1 is 1.43 bits per heavy atom. The highest BCUT2D eigenvalue weighted by molar-refractivity contribution is 5.95. The zero-order valence-corrected chi connectivity index (χ0v) is 13.8. The molecule has 0 bridgehead atoms. The predicted octanol–water partition coefficient (Wildman–Crippen LogP) is 2.58. The summed E-state index contributed by atoms with van der Waals surface area (Å²) in [7, 11) is 1.32. The number of nitrogens with one attached hydrogen (secondary N) is 1. The molecular weight excluding hydrogens is 330 g/mol. The number of carbonyl (C=O) groups is 1. The van der Waals surface area contributed by atoms with Gasteiger partial charge >= 0.3 is 6.61 Å². The second kappa shape index (κ2) is 7.79. The maximum atomic E-state index is 12.3. The van der Waals surface area contributed by atoms with E-state index in [2.05, 4.69) is 10.1 Å². The lowest BCUT2D eigenvalue weighted by atomic mass is 9.95. The Morgan fingerprint density at radius 2 is 2.09 bits per heavy atom. The summed E-state index contributed by atoms with van der Waals surface area (Å²) in [6.45, 7) is -0.703. The summed E-state index contributed by atoms with van der Waals surface area (Å²) >= 11 is 0. The Hall–Kier alpha value is -1.60. The highest BCUT2D eigenvalue weighted by atomic mass is 35.5. The summed E-state index contributed by atoms with van der Waals surface area (Å²) in [5, 5.41) is 2.92. The fourth-order valence-corrected chi connectivity index (χ4v) is 2.37. The number of benzene rings is 1. The molecule has 0 aromatic heterocycles. The fraction of sp³-hybridized carbons (Fsp3) is 0.533. The zero-order chi connectivity index (χ0) is 16.3. The van der Waals surface area contributed by atoms with Crippen molar-refractivity contribution in [3.05, 3.63) is 23.8 Å². The molecule has 0 aliphatic heterocycles. The van der Waals surface area contributed by atoms with Gasteiger partial charge in [-0.3, -0.25) is 4.79 Å². The third-order valence-electron chi connectivity index (χ3n) is 3.94. The number of alkyl halides is 2. The van der Waals surface area contributed by atoms with Crippen LogP contribution in [0.2, 0.25) is 0 Å². The molecule has 23 heavy (non-hydrogen) atoms. The van der Waals surface area contributed by atoms with Crippen LogP contribution in [-0.4, -0.2) is 31.7 Å². The molecular formula is C15H21ClF2N2O3. The molecule has 1 saturated carbocycles. The van der Waals surface area contributed by atoms with Gasteiger partial charge in [-0.15, -0.1) is 12.4 Å². The number of rotatable bonds is 7. The molecule has 5 nitrogen and oxygen atoms in total. The lowest BCUT2D eigenvalue weighted by Gasteiger charge is -2.29. The number of carbonyl (C=O) groups excluding carboxylic acids is 1.